The van der Waals surface area contributed by atoms with E-state index in [1.165, 1.54) is 7.11 Å². The molecule has 3 heteroatoms. The zero-order chi connectivity index (χ0) is 11.9. The largest absolute Gasteiger partial charge is 0.465 e. The highest BCUT2D eigenvalue weighted by atomic mass is 16.5. The number of carbonyl (C=O) groups excluding carboxylic acids is 1. The Morgan fingerprint density at radius 1 is 1.31 bits per heavy atom. The summed E-state index contributed by atoms with van der Waals surface area (Å²) in [4.78, 5) is 11.5. The first-order chi connectivity index (χ1) is 7.48. The van der Waals surface area contributed by atoms with Gasteiger partial charge in [-0.05, 0) is 49.4 Å². The number of aryl methyl sites for hydroxylation is 2. The van der Waals surface area contributed by atoms with Crippen molar-refractivity contribution in [3.05, 3.63) is 34.4 Å². The van der Waals surface area contributed by atoms with Crippen LogP contribution in [0, 0.1) is 13.8 Å². The van der Waals surface area contributed by atoms with Crippen LogP contribution in [-0.2, 0) is 10.3 Å². The van der Waals surface area contributed by atoms with Crippen LogP contribution in [-0.4, -0.2) is 18.2 Å². The Morgan fingerprint density at radius 3 is 2.44 bits per heavy atom. The summed E-state index contributed by atoms with van der Waals surface area (Å²) >= 11 is 0. The average molecular weight is 220 g/mol. The molecule has 1 aliphatic rings. The van der Waals surface area contributed by atoms with Crippen molar-refractivity contribution in [1.29, 1.82) is 0 Å². The van der Waals surface area contributed by atoms with E-state index in [0.717, 1.165) is 29.5 Å². The summed E-state index contributed by atoms with van der Waals surface area (Å²) in [5.41, 5.74) is 2.62. The van der Waals surface area contributed by atoms with Crippen molar-refractivity contribution < 1.29 is 14.6 Å². The fraction of sp³-hybridized carbons (Fsp3) is 0.462. The Kier molecular flexibility index (Phi) is 2.50. The lowest BCUT2D eigenvalue weighted by Crippen LogP contribution is -2.11. The lowest BCUT2D eigenvalue weighted by Gasteiger charge is -2.15. The van der Waals surface area contributed by atoms with Crippen molar-refractivity contribution in [2.24, 2.45) is 0 Å². The van der Waals surface area contributed by atoms with Crippen molar-refractivity contribution in [3.8, 4) is 0 Å². The number of methoxy groups -OCH3 is 1. The molecule has 2 rings (SSSR count). The van der Waals surface area contributed by atoms with Gasteiger partial charge in [0.05, 0.1) is 18.3 Å². The average Bonchev–Trinajstić information content (AvgIpc) is 2.96. The molecule has 86 valence electrons. The number of esters is 1. The molecule has 0 bridgehead atoms. The summed E-state index contributed by atoms with van der Waals surface area (Å²) < 4.78 is 4.72. The molecule has 3 nitrogen and oxygen atoms in total. The van der Waals surface area contributed by atoms with E-state index in [1.807, 2.05) is 19.9 Å². The standard InChI is InChI=1S/C13H16O3/c1-8-6-9(2)11(13(15)4-5-13)7-10(8)12(14)16-3/h6-7,15H,4-5H2,1-3H3. The Labute approximate surface area is 95.0 Å². The molecule has 0 radical (unpaired) electrons. The number of aliphatic hydroxyl groups is 1. The fourth-order valence-electron chi connectivity index (χ4n) is 2.07. The van der Waals surface area contributed by atoms with Crippen molar-refractivity contribution in [3.63, 3.8) is 0 Å². The summed E-state index contributed by atoms with van der Waals surface area (Å²) in [5, 5.41) is 10.1. The molecule has 0 aromatic heterocycles. The second kappa shape index (κ2) is 3.59. The van der Waals surface area contributed by atoms with Gasteiger partial charge in [-0.1, -0.05) is 6.07 Å². The van der Waals surface area contributed by atoms with Gasteiger partial charge >= 0.3 is 5.97 Å². The molecule has 0 spiro atoms. The van der Waals surface area contributed by atoms with Crippen LogP contribution < -0.4 is 0 Å². The maximum Gasteiger partial charge on any atom is 0.338 e. The molecule has 0 aliphatic heterocycles. The number of hydrogen-bond donors (Lipinski definition) is 1. The van der Waals surface area contributed by atoms with E-state index < -0.39 is 5.60 Å². The zero-order valence-electron chi connectivity index (χ0n) is 9.83. The van der Waals surface area contributed by atoms with E-state index in [-0.39, 0.29) is 5.97 Å². The molecular weight excluding hydrogens is 204 g/mol. The van der Waals surface area contributed by atoms with Crippen molar-refractivity contribution in [1.82, 2.24) is 0 Å². The van der Waals surface area contributed by atoms with Crippen LogP contribution in [0.3, 0.4) is 0 Å². The minimum Gasteiger partial charge on any atom is -0.465 e. The summed E-state index contributed by atoms with van der Waals surface area (Å²) in [5.74, 6) is -0.344. The molecule has 0 atom stereocenters. The van der Waals surface area contributed by atoms with Crippen LogP contribution in [0.2, 0.25) is 0 Å². The molecule has 1 aromatic carbocycles. The Balaban J connectivity index is 2.51. The molecule has 1 aromatic rings. The van der Waals surface area contributed by atoms with Crippen LogP contribution in [0.1, 0.15) is 39.9 Å². The molecule has 0 amide bonds. The van der Waals surface area contributed by atoms with Gasteiger partial charge in [0.15, 0.2) is 0 Å². The monoisotopic (exact) mass is 220 g/mol. The van der Waals surface area contributed by atoms with Crippen molar-refractivity contribution in [2.45, 2.75) is 32.3 Å². The Morgan fingerprint density at radius 2 is 1.94 bits per heavy atom. The smallest absolute Gasteiger partial charge is 0.338 e. The second-order valence-corrected chi connectivity index (χ2v) is 4.51. The minimum absolute atomic E-state index is 0.344. The molecule has 16 heavy (non-hydrogen) atoms. The first kappa shape index (κ1) is 11.1. The molecule has 1 fully saturated rings. The van der Waals surface area contributed by atoms with Crippen LogP contribution in [0.5, 0.6) is 0 Å². The molecule has 1 aliphatic carbocycles. The van der Waals surface area contributed by atoms with Gasteiger partial charge in [0.2, 0.25) is 0 Å². The lowest BCUT2D eigenvalue weighted by molar-refractivity contribution is 0.0599. The van der Waals surface area contributed by atoms with Gasteiger partial charge in [-0.25, -0.2) is 4.79 Å². The van der Waals surface area contributed by atoms with Gasteiger partial charge in [0, 0.05) is 0 Å². The highest BCUT2D eigenvalue weighted by Crippen LogP contribution is 2.47. The van der Waals surface area contributed by atoms with E-state index >= 15 is 0 Å². The van der Waals surface area contributed by atoms with E-state index in [9.17, 15) is 9.90 Å². The molecule has 1 N–H and O–H groups in total. The Bertz CT molecular complexity index is 445. The third kappa shape index (κ3) is 1.71. The second-order valence-electron chi connectivity index (χ2n) is 4.51. The third-order valence-electron chi connectivity index (χ3n) is 3.20. The molecule has 1 saturated carbocycles. The van der Waals surface area contributed by atoms with Gasteiger partial charge in [0.25, 0.3) is 0 Å². The highest BCUT2D eigenvalue weighted by Gasteiger charge is 2.43. The molecular formula is C13H16O3. The minimum atomic E-state index is -0.708. The molecule has 0 unspecified atom stereocenters. The maximum atomic E-state index is 11.5. The quantitative estimate of drug-likeness (QED) is 0.776. The van der Waals surface area contributed by atoms with E-state index in [2.05, 4.69) is 0 Å². The van der Waals surface area contributed by atoms with Gasteiger partial charge in [-0.3, -0.25) is 0 Å². The lowest BCUT2D eigenvalue weighted by atomic mass is 9.95. The van der Waals surface area contributed by atoms with Crippen LogP contribution >= 0.6 is 0 Å². The first-order valence-corrected chi connectivity index (χ1v) is 5.40. The predicted octanol–water partition coefficient (Wildman–Crippen LogP) is 2.07. The zero-order valence-corrected chi connectivity index (χ0v) is 9.83. The molecule has 0 heterocycles. The normalized spacial score (nSPS) is 17.0. The van der Waals surface area contributed by atoms with Gasteiger partial charge in [-0.2, -0.15) is 0 Å². The SMILES string of the molecule is COC(=O)c1cc(C2(O)CC2)c(C)cc1C. The fourth-order valence-corrected chi connectivity index (χ4v) is 2.07. The maximum absolute atomic E-state index is 11.5. The van der Waals surface area contributed by atoms with E-state index in [1.54, 1.807) is 6.07 Å². The third-order valence-corrected chi connectivity index (χ3v) is 3.20. The van der Waals surface area contributed by atoms with E-state index in [4.69, 9.17) is 4.74 Å². The van der Waals surface area contributed by atoms with Crippen LogP contribution in [0.25, 0.3) is 0 Å². The van der Waals surface area contributed by atoms with E-state index in [0.29, 0.717) is 5.56 Å². The number of benzene rings is 1. The number of hydrogen-bond acceptors (Lipinski definition) is 3. The molecule has 0 saturated heterocycles. The number of rotatable bonds is 2. The van der Waals surface area contributed by atoms with Crippen molar-refractivity contribution >= 4 is 5.97 Å². The van der Waals surface area contributed by atoms with Crippen LogP contribution in [0.15, 0.2) is 12.1 Å². The van der Waals surface area contributed by atoms with Gasteiger partial charge in [-0.15, -0.1) is 0 Å². The number of carbonyl (C=O) groups is 1. The van der Waals surface area contributed by atoms with Crippen molar-refractivity contribution in [2.75, 3.05) is 7.11 Å². The van der Waals surface area contributed by atoms with Gasteiger partial charge < -0.3 is 9.84 Å². The van der Waals surface area contributed by atoms with Gasteiger partial charge in [0.1, 0.15) is 0 Å². The Hall–Kier alpha value is -1.35. The highest BCUT2D eigenvalue weighted by molar-refractivity contribution is 5.91. The first-order valence-electron chi connectivity index (χ1n) is 5.40. The summed E-state index contributed by atoms with van der Waals surface area (Å²) in [6.07, 6.45) is 1.55. The topological polar surface area (TPSA) is 46.5 Å². The number of ether oxygens (including phenoxy) is 1. The summed E-state index contributed by atoms with van der Waals surface area (Å²) in [6.45, 7) is 3.83. The summed E-state index contributed by atoms with van der Waals surface area (Å²) in [6, 6.07) is 3.70. The van der Waals surface area contributed by atoms with Crippen LogP contribution in [0.4, 0.5) is 0 Å². The predicted molar refractivity (Wildman–Crippen MR) is 60.4 cm³/mol. The summed E-state index contributed by atoms with van der Waals surface area (Å²) in [7, 11) is 1.37.